The molecule has 0 unspecified atom stereocenters. The maximum absolute atomic E-state index is 10.4. The van der Waals surface area contributed by atoms with Gasteiger partial charge in [0.15, 0.2) is 0 Å². The average Bonchev–Trinajstić information content (AvgIpc) is 2.09. The van der Waals surface area contributed by atoms with Gasteiger partial charge in [0, 0.05) is 0 Å². The standard InChI is InChI=1S/C11H13O/c1-9-3-5-11(6-4-9)7-10(2)8-12/h3-7H,8H2,1-2H3. The predicted octanol–water partition coefficient (Wildman–Crippen LogP) is 2.83. The van der Waals surface area contributed by atoms with E-state index in [1.54, 1.807) is 0 Å². The van der Waals surface area contributed by atoms with Gasteiger partial charge in [-0.1, -0.05) is 35.9 Å². The molecule has 63 valence electrons. The van der Waals surface area contributed by atoms with Crippen LogP contribution in [0.3, 0.4) is 0 Å². The Labute approximate surface area is 73.4 Å². The van der Waals surface area contributed by atoms with E-state index < -0.39 is 0 Å². The Morgan fingerprint density at radius 1 is 1.33 bits per heavy atom. The van der Waals surface area contributed by atoms with E-state index in [0.717, 1.165) is 11.1 Å². The highest BCUT2D eigenvalue weighted by Crippen LogP contribution is 2.07. The minimum Gasteiger partial charge on any atom is -0.232 e. The molecule has 0 aliphatic carbocycles. The summed E-state index contributed by atoms with van der Waals surface area (Å²) >= 11 is 0. The van der Waals surface area contributed by atoms with Crippen molar-refractivity contribution in [3.05, 3.63) is 41.0 Å². The molecule has 0 saturated carbocycles. The maximum atomic E-state index is 10.4. The van der Waals surface area contributed by atoms with Gasteiger partial charge < -0.3 is 0 Å². The highest BCUT2D eigenvalue weighted by molar-refractivity contribution is 5.52. The maximum Gasteiger partial charge on any atom is 0.103 e. The number of benzene rings is 1. The monoisotopic (exact) mass is 161 g/mol. The molecule has 1 rings (SSSR count). The van der Waals surface area contributed by atoms with Crippen molar-refractivity contribution < 1.29 is 5.11 Å². The molecular weight excluding hydrogens is 148 g/mol. The lowest BCUT2D eigenvalue weighted by atomic mass is 10.1. The van der Waals surface area contributed by atoms with Gasteiger partial charge in [0.2, 0.25) is 0 Å². The Kier molecular flexibility index (Phi) is 3.06. The zero-order chi connectivity index (χ0) is 8.97. The van der Waals surface area contributed by atoms with E-state index in [1.807, 2.05) is 44.2 Å². The van der Waals surface area contributed by atoms with Crippen molar-refractivity contribution in [2.24, 2.45) is 0 Å². The van der Waals surface area contributed by atoms with Crippen LogP contribution in [0.5, 0.6) is 0 Å². The van der Waals surface area contributed by atoms with Gasteiger partial charge in [-0.05, 0) is 25.0 Å². The summed E-state index contributed by atoms with van der Waals surface area (Å²) in [6.07, 6.45) is 1.92. The van der Waals surface area contributed by atoms with Crippen molar-refractivity contribution in [3.63, 3.8) is 0 Å². The fourth-order valence-corrected chi connectivity index (χ4v) is 0.989. The first-order valence-electron chi connectivity index (χ1n) is 4.04. The van der Waals surface area contributed by atoms with Gasteiger partial charge in [0.1, 0.15) is 6.61 Å². The van der Waals surface area contributed by atoms with Crippen LogP contribution >= 0.6 is 0 Å². The van der Waals surface area contributed by atoms with Crippen LogP contribution in [0, 0.1) is 6.92 Å². The molecule has 0 aromatic heterocycles. The molecule has 1 nitrogen and oxygen atoms in total. The predicted molar refractivity (Wildman–Crippen MR) is 50.4 cm³/mol. The van der Waals surface area contributed by atoms with Gasteiger partial charge in [-0.2, -0.15) is 0 Å². The molecule has 12 heavy (non-hydrogen) atoms. The molecule has 0 heterocycles. The lowest BCUT2D eigenvalue weighted by molar-refractivity contribution is 0.224. The van der Waals surface area contributed by atoms with Gasteiger partial charge in [0.25, 0.3) is 0 Å². The van der Waals surface area contributed by atoms with Crippen molar-refractivity contribution in [2.75, 3.05) is 6.61 Å². The molecular formula is C11H13O. The number of hydrogen-bond acceptors (Lipinski definition) is 0. The van der Waals surface area contributed by atoms with Crippen LogP contribution in [-0.4, -0.2) is 6.61 Å². The van der Waals surface area contributed by atoms with Gasteiger partial charge in [-0.3, -0.25) is 0 Å². The van der Waals surface area contributed by atoms with Crippen molar-refractivity contribution in [1.29, 1.82) is 0 Å². The van der Waals surface area contributed by atoms with Crippen LogP contribution < -0.4 is 0 Å². The third kappa shape index (κ3) is 2.51. The quantitative estimate of drug-likeness (QED) is 0.635. The molecule has 0 atom stereocenters. The lowest BCUT2D eigenvalue weighted by Gasteiger charge is -1.96. The van der Waals surface area contributed by atoms with Crippen LogP contribution in [-0.2, 0) is 5.11 Å². The Balaban J connectivity index is 2.84. The molecule has 0 saturated heterocycles. The summed E-state index contributed by atoms with van der Waals surface area (Å²) in [6, 6.07) is 8.14. The minimum atomic E-state index is -0.117. The van der Waals surface area contributed by atoms with Crippen molar-refractivity contribution in [1.82, 2.24) is 0 Å². The minimum absolute atomic E-state index is 0.117. The molecule has 0 amide bonds. The first kappa shape index (κ1) is 9.01. The van der Waals surface area contributed by atoms with E-state index in [1.165, 1.54) is 5.56 Å². The third-order valence-corrected chi connectivity index (χ3v) is 1.72. The zero-order valence-electron chi connectivity index (χ0n) is 7.50. The largest absolute Gasteiger partial charge is 0.232 e. The van der Waals surface area contributed by atoms with Gasteiger partial charge in [0.05, 0.1) is 0 Å². The third-order valence-electron chi connectivity index (χ3n) is 1.72. The van der Waals surface area contributed by atoms with Crippen molar-refractivity contribution >= 4 is 6.08 Å². The van der Waals surface area contributed by atoms with E-state index >= 15 is 0 Å². The molecule has 1 aromatic rings. The average molecular weight is 161 g/mol. The van der Waals surface area contributed by atoms with E-state index in [-0.39, 0.29) is 6.61 Å². The molecule has 0 bridgehead atoms. The molecule has 1 heteroatoms. The van der Waals surface area contributed by atoms with E-state index in [9.17, 15) is 5.11 Å². The second-order valence-electron chi connectivity index (χ2n) is 3.05. The van der Waals surface area contributed by atoms with Crippen LogP contribution in [0.25, 0.3) is 6.08 Å². The summed E-state index contributed by atoms with van der Waals surface area (Å²) in [7, 11) is 0. The Morgan fingerprint density at radius 3 is 2.42 bits per heavy atom. The molecule has 0 aliphatic heterocycles. The molecule has 0 fully saturated rings. The second kappa shape index (κ2) is 4.07. The summed E-state index contributed by atoms with van der Waals surface area (Å²) in [4.78, 5) is 0. The number of hydrogen-bond donors (Lipinski definition) is 0. The second-order valence-corrected chi connectivity index (χ2v) is 3.05. The van der Waals surface area contributed by atoms with Crippen LogP contribution in [0.4, 0.5) is 0 Å². The normalized spacial score (nSPS) is 11.8. The molecule has 0 N–H and O–H groups in total. The topological polar surface area (TPSA) is 19.9 Å². The fraction of sp³-hybridized carbons (Fsp3) is 0.273. The zero-order valence-corrected chi connectivity index (χ0v) is 7.50. The van der Waals surface area contributed by atoms with Crippen molar-refractivity contribution in [3.8, 4) is 0 Å². The van der Waals surface area contributed by atoms with Crippen molar-refractivity contribution in [2.45, 2.75) is 13.8 Å². The molecule has 0 aliphatic rings. The summed E-state index contributed by atoms with van der Waals surface area (Å²) in [5.41, 5.74) is 3.22. The van der Waals surface area contributed by atoms with Gasteiger partial charge in [-0.25, -0.2) is 5.11 Å². The molecule has 1 radical (unpaired) electrons. The van der Waals surface area contributed by atoms with Crippen LogP contribution in [0.1, 0.15) is 18.1 Å². The van der Waals surface area contributed by atoms with Gasteiger partial charge >= 0.3 is 0 Å². The number of aryl methyl sites for hydroxylation is 1. The lowest BCUT2D eigenvalue weighted by Crippen LogP contribution is -1.82. The van der Waals surface area contributed by atoms with Crippen LogP contribution in [0.15, 0.2) is 29.8 Å². The molecule has 0 spiro atoms. The Morgan fingerprint density at radius 2 is 1.92 bits per heavy atom. The Hall–Kier alpha value is -1.08. The van der Waals surface area contributed by atoms with E-state index in [4.69, 9.17) is 0 Å². The van der Waals surface area contributed by atoms with E-state index in [2.05, 4.69) is 0 Å². The highest BCUT2D eigenvalue weighted by atomic mass is 16.3. The SMILES string of the molecule is CC(=Cc1ccc(C)cc1)C[O]. The van der Waals surface area contributed by atoms with E-state index in [0.29, 0.717) is 0 Å². The smallest absolute Gasteiger partial charge is 0.103 e. The fourth-order valence-electron chi connectivity index (χ4n) is 0.989. The van der Waals surface area contributed by atoms with Gasteiger partial charge in [-0.15, -0.1) is 0 Å². The first-order chi connectivity index (χ1) is 5.72. The Bertz CT molecular complexity index is 270. The highest BCUT2D eigenvalue weighted by Gasteiger charge is 1.89. The summed E-state index contributed by atoms with van der Waals surface area (Å²) < 4.78 is 0. The summed E-state index contributed by atoms with van der Waals surface area (Å²) in [5.74, 6) is 0. The summed E-state index contributed by atoms with van der Waals surface area (Å²) in [5, 5.41) is 10.4. The van der Waals surface area contributed by atoms with Crippen LogP contribution in [0.2, 0.25) is 0 Å². The number of rotatable bonds is 2. The summed E-state index contributed by atoms with van der Waals surface area (Å²) in [6.45, 7) is 3.79. The first-order valence-corrected chi connectivity index (χ1v) is 4.04. The molecule has 1 aromatic carbocycles.